The van der Waals surface area contributed by atoms with Gasteiger partial charge < -0.3 is 4.90 Å². The van der Waals surface area contributed by atoms with E-state index in [4.69, 9.17) is 0 Å². The second-order valence-corrected chi connectivity index (χ2v) is 5.56. The summed E-state index contributed by atoms with van der Waals surface area (Å²) in [7, 11) is 2.04. The number of likely N-dealkylation sites (N-methyl/N-ethyl adjacent to an activating group) is 1. The lowest BCUT2D eigenvalue weighted by Crippen LogP contribution is -2.50. The molecule has 18 heavy (non-hydrogen) atoms. The number of nitrogens with one attached hydrogen (secondary N) is 1. The van der Waals surface area contributed by atoms with Crippen LogP contribution in [0.3, 0.4) is 0 Å². The zero-order valence-electron chi connectivity index (χ0n) is 11.4. The molecule has 1 saturated carbocycles. The van der Waals surface area contributed by atoms with E-state index in [2.05, 4.69) is 47.5 Å². The van der Waals surface area contributed by atoms with Gasteiger partial charge in [-0.25, -0.2) is 0 Å². The minimum atomic E-state index is -0.473. The summed E-state index contributed by atoms with van der Waals surface area (Å²) < 4.78 is 0. The lowest BCUT2D eigenvalue weighted by molar-refractivity contribution is 0.446. The van der Waals surface area contributed by atoms with Crippen molar-refractivity contribution in [2.45, 2.75) is 38.3 Å². The quantitative estimate of drug-likeness (QED) is 0.863. The molecule has 3 nitrogen and oxygen atoms in total. The lowest BCUT2D eigenvalue weighted by Gasteiger charge is -2.30. The fourth-order valence-electron chi connectivity index (χ4n) is 2.22. The molecule has 1 fully saturated rings. The van der Waals surface area contributed by atoms with Crippen LogP contribution in [0.4, 0.5) is 5.69 Å². The van der Waals surface area contributed by atoms with Crippen LogP contribution in [0.25, 0.3) is 0 Å². The van der Waals surface area contributed by atoms with E-state index in [1.165, 1.54) is 18.4 Å². The Bertz CT molecular complexity index is 459. The second kappa shape index (κ2) is 4.99. The van der Waals surface area contributed by atoms with Gasteiger partial charge in [0.1, 0.15) is 5.54 Å². The molecule has 1 atom stereocenters. The standard InChI is InChI=1S/C15H21N3/c1-12-5-4-6-14(9-12)18(3)11-15(2,10-16)17-13-7-8-13/h4-6,9,13,17H,7-8,11H2,1-3H3. The summed E-state index contributed by atoms with van der Waals surface area (Å²) in [4.78, 5) is 2.14. The molecule has 1 aromatic carbocycles. The SMILES string of the molecule is Cc1cccc(N(C)CC(C)(C#N)NC2CC2)c1. The Morgan fingerprint density at radius 3 is 2.78 bits per heavy atom. The molecule has 1 N–H and O–H groups in total. The first-order chi connectivity index (χ1) is 8.52. The highest BCUT2D eigenvalue weighted by Crippen LogP contribution is 2.24. The van der Waals surface area contributed by atoms with Crippen molar-refractivity contribution >= 4 is 5.69 Å². The van der Waals surface area contributed by atoms with Crippen LogP contribution in [0.1, 0.15) is 25.3 Å². The number of hydrogen-bond donors (Lipinski definition) is 1. The van der Waals surface area contributed by atoms with Gasteiger partial charge in [-0.15, -0.1) is 0 Å². The maximum absolute atomic E-state index is 9.37. The number of anilines is 1. The maximum atomic E-state index is 9.37. The van der Waals surface area contributed by atoms with Gasteiger partial charge >= 0.3 is 0 Å². The zero-order valence-corrected chi connectivity index (χ0v) is 11.4. The average molecular weight is 243 g/mol. The van der Waals surface area contributed by atoms with Crippen LogP contribution in [0.2, 0.25) is 0 Å². The molecule has 1 aromatic rings. The van der Waals surface area contributed by atoms with Gasteiger partial charge in [0.25, 0.3) is 0 Å². The Labute approximate surface area is 109 Å². The van der Waals surface area contributed by atoms with Crippen LogP contribution >= 0.6 is 0 Å². The van der Waals surface area contributed by atoms with Crippen molar-refractivity contribution in [3.63, 3.8) is 0 Å². The van der Waals surface area contributed by atoms with E-state index >= 15 is 0 Å². The molecule has 0 heterocycles. The highest BCUT2D eigenvalue weighted by atomic mass is 15.2. The molecule has 0 amide bonds. The largest absolute Gasteiger partial charge is 0.372 e. The predicted octanol–water partition coefficient (Wildman–Crippen LogP) is 2.47. The highest BCUT2D eigenvalue weighted by Gasteiger charge is 2.33. The summed E-state index contributed by atoms with van der Waals surface area (Å²) in [6.07, 6.45) is 2.40. The maximum Gasteiger partial charge on any atom is 0.121 e. The Kier molecular flexibility index (Phi) is 3.58. The first-order valence-electron chi connectivity index (χ1n) is 6.49. The molecule has 1 unspecified atom stereocenters. The monoisotopic (exact) mass is 243 g/mol. The Morgan fingerprint density at radius 2 is 2.22 bits per heavy atom. The van der Waals surface area contributed by atoms with Crippen LogP contribution in [0, 0.1) is 18.3 Å². The minimum Gasteiger partial charge on any atom is -0.372 e. The minimum absolute atomic E-state index is 0.473. The predicted molar refractivity (Wildman–Crippen MR) is 74.6 cm³/mol. The molecule has 0 saturated heterocycles. The van der Waals surface area contributed by atoms with E-state index < -0.39 is 5.54 Å². The van der Waals surface area contributed by atoms with Gasteiger partial charge in [-0.05, 0) is 44.4 Å². The number of aryl methyl sites for hydroxylation is 1. The topological polar surface area (TPSA) is 39.1 Å². The molecule has 0 aromatic heterocycles. The lowest BCUT2D eigenvalue weighted by atomic mass is 10.0. The van der Waals surface area contributed by atoms with Crippen LogP contribution in [0.15, 0.2) is 24.3 Å². The van der Waals surface area contributed by atoms with Crippen molar-refractivity contribution in [3.05, 3.63) is 29.8 Å². The zero-order chi connectivity index (χ0) is 13.2. The van der Waals surface area contributed by atoms with Gasteiger partial charge in [0, 0.05) is 25.3 Å². The third-order valence-corrected chi connectivity index (χ3v) is 3.34. The first kappa shape index (κ1) is 12.9. The van der Waals surface area contributed by atoms with Crippen LogP contribution in [0.5, 0.6) is 0 Å². The molecule has 96 valence electrons. The third-order valence-electron chi connectivity index (χ3n) is 3.34. The van der Waals surface area contributed by atoms with E-state index in [9.17, 15) is 5.26 Å². The molecule has 1 aliphatic carbocycles. The summed E-state index contributed by atoms with van der Waals surface area (Å²) >= 11 is 0. The Balaban J connectivity index is 2.04. The molecular weight excluding hydrogens is 222 g/mol. The van der Waals surface area contributed by atoms with Crippen LogP contribution in [-0.4, -0.2) is 25.2 Å². The van der Waals surface area contributed by atoms with E-state index in [-0.39, 0.29) is 0 Å². The van der Waals surface area contributed by atoms with E-state index in [1.54, 1.807) is 0 Å². The van der Waals surface area contributed by atoms with Crippen molar-refractivity contribution in [3.8, 4) is 6.07 Å². The summed E-state index contributed by atoms with van der Waals surface area (Å²) in [6, 6.07) is 11.3. The summed E-state index contributed by atoms with van der Waals surface area (Å²) in [6.45, 7) is 4.77. The van der Waals surface area contributed by atoms with Crippen LogP contribution in [-0.2, 0) is 0 Å². The van der Waals surface area contributed by atoms with E-state index in [0.29, 0.717) is 12.6 Å². The average Bonchev–Trinajstić information content (AvgIpc) is 3.12. The van der Waals surface area contributed by atoms with Gasteiger partial charge in [0.2, 0.25) is 0 Å². The number of nitriles is 1. The molecule has 0 spiro atoms. The molecule has 0 radical (unpaired) electrons. The summed E-state index contributed by atoms with van der Waals surface area (Å²) in [5, 5.41) is 12.8. The molecule has 0 aliphatic heterocycles. The second-order valence-electron chi connectivity index (χ2n) is 5.56. The Hall–Kier alpha value is -1.53. The normalized spacial score (nSPS) is 17.9. The van der Waals surface area contributed by atoms with Gasteiger partial charge in [0.15, 0.2) is 0 Å². The third kappa shape index (κ3) is 3.24. The number of benzene rings is 1. The summed E-state index contributed by atoms with van der Waals surface area (Å²) in [5.74, 6) is 0. The molecule has 3 heteroatoms. The molecular formula is C15H21N3. The molecule has 0 bridgehead atoms. The van der Waals surface area contributed by atoms with Gasteiger partial charge in [-0.1, -0.05) is 12.1 Å². The fourth-order valence-corrected chi connectivity index (χ4v) is 2.22. The van der Waals surface area contributed by atoms with Crippen molar-refractivity contribution in [2.75, 3.05) is 18.5 Å². The van der Waals surface area contributed by atoms with Crippen molar-refractivity contribution in [1.82, 2.24) is 5.32 Å². The van der Waals surface area contributed by atoms with Crippen molar-refractivity contribution in [1.29, 1.82) is 5.26 Å². The number of nitrogens with zero attached hydrogens (tertiary/aromatic N) is 2. The highest BCUT2D eigenvalue weighted by molar-refractivity contribution is 5.48. The van der Waals surface area contributed by atoms with Gasteiger partial charge in [-0.2, -0.15) is 5.26 Å². The number of rotatable bonds is 5. The van der Waals surface area contributed by atoms with Crippen LogP contribution < -0.4 is 10.2 Å². The van der Waals surface area contributed by atoms with Crippen molar-refractivity contribution < 1.29 is 0 Å². The van der Waals surface area contributed by atoms with E-state index in [1.807, 2.05) is 14.0 Å². The smallest absolute Gasteiger partial charge is 0.121 e. The van der Waals surface area contributed by atoms with Gasteiger partial charge in [-0.3, -0.25) is 5.32 Å². The Morgan fingerprint density at radius 1 is 1.50 bits per heavy atom. The van der Waals surface area contributed by atoms with E-state index in [0.717, 1.165) is 5.69 Å². The fraction of sp³-hybridized carbons (Fsp3) is 0.533. The number of hydrogen-bond acceptors (Lipinski definition) is 3. The summed E-state index contributed by atoms with van der Waals surface area (Å²) in [5.41, 5.74) is 1.93. The molecule has 1 aliphatic rings. The molecule has 2 rings (SSSR count). The first-order valence-corrected chi connectivity index (χ1v) is 6.49. The van der Waals surface area contributed by atoms with Gasteiger partial charge in [0.05, 0.1) is 6.07 Å². The van der Waals surface area contributed by atoms with Crippen molar-refractivity contribution in [2.24, 2.45) is 0 Å².